The van der Waals surface area contributed by atoms with Crippen LogP contribution in [0.15, 0.2) is 47.4 Å². The summed E-state index contributed by atoms with van der Waals surface area (Å²) in [6, 6.07) is 10.6. The van der Waals surface area contributed by atoms with Crippen molar-refractivity contribution in [1.82, 2.24) is 0 Å². The molecule has 7 heteroatoms. The van der Waals surface area contributed by atoms with Gasteiger partial charge in [0.2, 0.25) is 0 Å². The summed E-state index contributed by atoms with van der Waals surface area (Å²) in [5, 5.41) is 10.0. The normalized spacial score (nSPS) is 11.3. The van der Waals surface area contributed by atoms with Crippen molar-refractivity contribution in [2.45, 2.75) is 10.2 Å². The van der Waals surface area contributed by atoms with Crippen LogP contribution in [0.5, 0.6) is 5.75 Å². The van der Waals surface area contributed by atoms with Crippen molar-refractivity contribution in [3.63, 3.8) is 0 Å². The summed E-state index contributed by atoms with van der Waals surface area (Å²) in [5.74, 6) is -0.101. The van der Waals surface area contributed by atoms with Crippen LogP contribution in [0, 0.1) is 0 Å². The highest BCUT2D eigenvalue weighted by Gasteiger charge is 2.14. The van der Waals surface area contributed by atoms with E-state index in [1.807, 2.05) is 0 Å². The van der Waals surface area contributed by atoms with Gasteiger partial charge in [-0.1, -0.05) is 39.7 Å². The molecule has 2 aromatic carbocycles. The average Bonchev–Trinajstić information content (AvgIpc) is 2.43. The van der Waals surface area contributed by atoms with Crippen LogP contribution in [0.4, 0.5) is 5.69 Å². The van der Waals surface area contributed by atoms with Crippen LogP contribution in [0.1, 0.15) is 5.56 Å². The molecule has 0 bridgehead atoms. The Morgan fingerprint density at radius 3 is 2.35 bits per heavy atom. The molecule has 0 fully saturated rings. The summed E-state index contributed by atoms with van der Waals surface area (Å²) in [6.45, 7) is 0. The Morgan fingerprint density at radius 1 is 1.15 bits per heavy atom. The Morgan fingerprint density at radius 2 is 1.80 bits per heavy atom. The zero-order valence-electron chi connectivity index (χ0n) is 10.2. The Bertz CT molecular complexity index is 717. The maximum absolute atomic E-state index is 12.2. The zero-order valence-corrected chi connectivity index (χ0v) is 13.3. The van der Waals surface area contributed by atoms with E-state index in [4.69, 9.17) is 11.6 Å². The lowest BCUT2D eigenvalue weighted by atomic mass is 10.2. The van der Waals surface area contributed by atoms with E-state index in [1.165, 1.54) is 30.3 Å². The van der Waals surface area contributed by atoms with Crippen LogP contribution >= 0.6 is 27.5 Å². The number of hydrogen-bond donors (Lipinski definition) is 2. The molecule has 0 aromatic heterocycles. The molecule has 0 aliphatic rings. The van der Waals surface area contributed by atoms with Crippen LogP contribution in [0.25, 0.3) is 0 Å². The Kier molecular flexibility index (Phi) is 4.57. The van der Waals surface area contributed by atoms with Crippen molar-refractivity contribution in [3.05, 3.63) is 53.1 Å². The molecule has 20 heavy (non-hydrogen) atoms. The predicted molar refractivity (Wildman–Crippen MR) is 83.0 cm³/mol. The van der Waals surface area contributed by atoms with E-state index in [9.17, 15) is 13.5 Å². The monoisotopic (exact) mass is 375 g/mol. The van der Waals surface area contributed by atoms with Crippen LogP contribution in [-0.4, -0.2) is 13.5 Å². The molecule has 0 unspecified atom stereocenters. The first-order chi connectivity index (χ1) is 9.42. The standard InChI is InChI=1S/C13H11BrClNO3S/c14-8-9-1-4-11(5-2-9)20(18,19)16-10-3-6-13(17)12(15)7-10/h1-7,16-17H,8H2. The third-order valence-corrected chi connectivity index (χ3v) is 4.94. The summed E-state index contributed by atoms with van der Waals surface area (Å²) in [5.41, 5.74) is 1.27. The van der Waals surface area contributed by atoms with E-state index in [0.717, 1.165) is 5.56 Å². The molecule has 0 radical (unpaired) electrons. The van der Waals surface area contributed by atoms with Crippen molar-refractivity contribution in [1.29, 1.82) is 0 Å². The molecule has 0 saturated heterocycles. The van der Waals surface area contributed by atoms with Crippen molar-refractivity contribution in [2.75, 3.05) is 4.72 Å². The van der Waals surface area contributed by atoms with Gasteiger partial charge >= 0.3 is 0 Å². The smallest absolute Gasteiger partial charge is 0.261 e. The van der Waals surface area contributed by atoms with Crippen molar-refractivity contribution < 1.29 is 13.5 Å². The number of phenols is 1. The van der Waals surface area contributed by atoms with Crippen LogP contribution in [-0.2, 0) is 15.4 Å². The third kappa shape index (κ3) is 3.45. The van der Waals surface area contributed by atoms with E-state index in [2.05, 4.69) is 20.7 Å². The Balaban J connectivity index is 2.27. The summed E-state index contributed by atoms with van der Waals surface area (Å²) in [7, 11) is -3.67. The van der Waals surface area contributed by atoms with Gasteiger partial charge in [-0.25, -0.2) is 8.42 Å². The number of halogens is 2. The second-order valence-corrected chi connectivity index (χ2v) is 6.70. The second-order valence-electron chi connectivity index (χ2n) is 4.05. The Labute approximate surface area is 130 Å². The Hall–Kier alpha value is -1.24. The second kappa shape index (κ2) is 6.03. The summed E-state index contributed by atoms with van der Waals surface area (Å²) in [6.07, 6.45) is 0. The molecule has 2 aromatic rings. The van der Waals surface area contributed by atoms with E-state index in [0.29, 0.717) is 5.33 Å². The van der Waals surface area contributed by atoms with E-state index >= 15 is 0 Å². The molecular formula is C13H11BrClNO3S. The highest BCUT2D eigenvalue weighted by atomic mass is 79.9. The number of anilines is 1. The van der Waals surface area contributed by atoms with Crippen molar-refractivity contribution in [3.8, 4) is 5.75 Å². The zero-order chi connectivity index (χ0) is 14.8. The van der Waals surface area contributed by atoms with Crippen LogP contribution in [0.3, 0.4) is 0 Å². The molecular weight excluding hydrogens is 366 g/mol. The lowest BCUT2D eigenvalue weighted by molar-refractivity contribution is 0.475. The topological polar surface area (TPSA) is 66.4 Å². The number of nitrogens with one attached hydrogen (secondary N) is 1. The maximum Gasteiger partial charge on any atom is 0.261 e. The van der Waals surface area contributed by atoms with Crippen LogP contribution in [0.2, 0.25) is 5.02 Å². The van der Waals surface area contributed by atoms with Gasteiger partial charge in [-0.15, -0.1) is 0 Å². The van der Waals surface area contributed by atoms with E-state index < -0.39 is 10.0 Å². The first kappa shape index (κ1) is 15.2. The van der Waals surface area contributed by atoms with Gasteiger partial charge in [0.15, 0.2) is 0 Å². The SMILES string of the molecule is O=S(=O)(Nc1ccc(O)c(Cl)c1)c1ccc(CBr)cc1. The summed E-state index contributed by atoms with van der Waals surface area (Å²) < 4.78 is 26.7. The highest BCUT2D eigenvalue weighted by molar-refractivity contribution is 9.08. The van der Waals surface area contributed by atoms with Crippen molar-refractivity contribution in [2.24, 2.45) is 0 Å². The van der Waals surface area contributed by atoms with Gasteiger partial charge in [0.05, 0.1) is 15.6 Å². The minimum absolute atomic E-state index is 0.0832. The third-order valence-electron chi connectivity index (χ3n) is 2.59. The number of sulfonamides is 1. The van der Waals surface area contributed by atoms with Gasteiger partial charge in [-0.3, -0.25) is 4.72 Å². The van der Waals surface area contributed by atoms with Gasteiger partial charge in [-0.2, -0.15) is 0 Å². The van der Waals surface area contributed by atoms with Gasteiger partial charge in [0.25, 0.3) is 10.0 Å². The highest BCUT2D eigenvalue weighted by Crippen LogP contribution is 2.27. The van der Waals surface area contributed by atoms with Crippen LogP contribution < -0.4 is 4.72 Å². The molecule has 0 aliphatic heterocycles. The maximum atomic E-state index is 12.2. The van der Waals surface area contributed by atoms with Gasteiger partial charge in [-0.05, 0) is 35.9 Å². The summed E-state index contributed by atoms with van der Waals surface area (Å²) in [4.78, 5) is 0.159. The fourth-order valence-electron chi connectivity index (χ4n) is 1.54. The molecule has 0 amide bonds. The van der Waals surface area contributed by atoms with E-state index in [1.54, 1.807) is 12.1 Å². The van der Waals surface area contributed by atoms with Gasteiger partial charge in [0.1, 0.15) is 5.75 Å². The first-order valence-electron chi connectivity index (χ1n) is 5.58. The summed E-state index contributed by atoms with van der Waals surface area (Å²) >= 11 is 9.04. The number of alkyl halides is 1. The number of phenolic OH excluding ortho intramolecular Hbond substituents is 1. The predicted octanol–water partition coefficient (Wildman–Crippen LogP) is 3.74. The largest absolute Gasteiger partial charge is 0.506 e. The fraction of sp³-hybridized carbons (Fsp3) is 0.0769. The quantitative estimate of drug-likeness (QED) is 0.631. The van der Waals surface area contributed by atoms with Gasteiger partial charge < -0.3 is 5.11 Å². The molecule has 106 valence electrons. The van der Waals surface area contributed by atoms with Crippen molar-refractivity contribution >= 4 is 43.2 Å². The molecule has 4 nitrogen and oxygen atoms in total. The minimum Gasteiger partial charge on any atom is -0.506 e. The molecule has 2 rings (SSSR count). The molecule has 0 saturated carbocycles. The molecule has 2 N–H and O–H groups in total. The number of hydrogen-bond acceptors (Lipinski definition) is 3. The number of aromatic hydroxyl groups is 1. The lowest BCUT2D eigenvalue weighted by Gasteiger charge is -2.09. The fourth-order valence-corrected chi connectivity index (χ4v) is 3.15. The van der Waals surface area contributed by atoms with Gasteiger partial charge in [0, 0.05) is 5.33 Å². The first-order valence-corrected chi connectivity index (χ1v) is 8.57. The number of benzene rings is 2. The molecule has 0 aliphatic carbocycles. The average molecular weight is 377 g/mol. The molecule has 0 heterocycles. The minimum atomic E-state index is -3.67. The van der Waals surface area contributed by atoms with E-state index in [-0.39, 0.29) is 21.4 Å². The molecule has 0 spiro atoms. The lowest BCUT2D eigenvalue weighted by Crippen LogP contribution is -2.12. The number of rotatable bonds is 4. The molecule has 0 atom stereocenters.